The highest BCUT2D eigenvalue weighted by Gasteiger charge is 2.14. The number of nitrogens with one attached hydrogen (secondary N) is 1. The summed E-state index contributed by atoms with van der Waals surface area (Å²) < 4.78 is 17.3. The highest BCUT2D eigenvalue weighted by Crippen LogP contribution is 2.02. The summed E-state index contributed by atoms with van der Waals surface area (Å²) in [5, 5.41) is 2.35. The van der Waals surface area contributed by atoms with E-state index in [9.17, 15) is 18.8 Å². The second-order valence-corrected chi connectivity index (χ2v) is 4.02. The number of likely N-dealkylation sites (N-methyl/N-ethyl adjacent to an activating group) is 1. The number of amides is 2. The molecule has 7 heteroatoms. The third-order valence-electron chi connectivity index (χ3n) is 2.51. The molecule has 0 saturated heterocycles. The maximum absolute atomic E-state index is 12.9. The number of hydrogen-bond donors (Lipinski definition) is 1. The van der Waals surface area contributed by atoms with Gasteiger partial charge in [-0.2, -0.15) is 0 Å². The van der Waals surface area contributed by atoms with Crippen molar-refractivity contribution in [3.05, 3.63) is 35.6 Å². The van der Waals surface area contributed by atoms with Crippen molar-refractivity contribution in [1.29, 1.82) is 0 Å². The molecule has 0 aliphatic carbocycles. The van der Waals surface area contributed by atoms with Gasteiger partial charge < -0.3 is 15.0 Å². The van der Waals surface area contributed by atoms with Crippen LogP contribution in [0.2, 0.25) is 0 Å². The van der Waals surface area contributed by atoms with Crippen molar-refractivity contribution in [2.24, 2.45) is 0 Å². The molecule has 0 aromatic heterocycles. The van der Waals surface area contributed by atoms with Gasteiger partial charge in [-0.1, -0.05) is 6.07 Å². The maximum Gasteiger partial charge on any atom is 0.325 e. The van der Waals surface area contributed by atoms with Crippen LogP contribution in [0.4, 0.5) is 4.39 Å². The number of carbonyl (C=O) groups excluding carboxylic acids is 3. The fourth-order valence-corrected chi connectivity index (χ4v) is 1.37. The molecule has 20 heavy (non-hydrogen) atoms. The van der Waals surface area contributed by atoms with Crippen LogP contribution in [0.5, 0.6) is 0 Å². The molecule has 0 aliphatic rings. The molecule has 0 bridgehead atoms. The predicted molar refractivity (Wildman–Crippen MR) is 68.4 cm³/mol. The van der Waals surface area contributed by atoms with E-state index in [1.807, 2.05) is 0 Å². The van der Waals surface area contributed by atoms with E-state index in [-0.39, 0.29) is 18.7 Å². The van der Waals surface area contributed by atoms with Crippen molar-refractivity contribution in [2.75, 3.05) is 27.2 Å². The fourth-order valence-electron chi connectivity index (χ4n) is 1.37. The summed E-state index contributed by atoms with van der Waals surface area (Å²) in [7, 11) is 2.62. The van der Waals surface area contributed by atoms with E-state index in [0.29, 0.717) is 0 Å². The van der Waals surface area contributed by atoms with Crippen molar-refractivity contribution >= 4 is 17.8 Å². The summed E-state index contributed by atoms with van der Waals surface area (Å²) >= 11 is 0. The number of ether oxygens (including phenoxy) is 1. The first-order chi connectivity index (χ1) is 9.43. The monoisotopic (exact) mass is 282 g/mol. The first-order valence-corrected chi connectivity index (χ1v) is 5.78. The van der Waals surface area contributed by atoms with Gasteiger partial charge in [0.2, 0.25) is 5.91 Å². The van der Waals surface area contributed by atoms with Crippen LogP contribution in [0.15, 0.2) is 24.3 Å². The third kappa shape index (κ3) is 4.68. The van der Waals surface area contributed by atoms with Crippen molar-refractivity contribution < 1.29 is 23.5 Å². The summed E-state index contributed by atoms with van der Waals surface area (Å²) in [5.41, 5.74) is 0.119. The van der Waals surface area contributed by atoms with Crippen LogP contribution in [-0.4, -0.2) is 49.9 Å². The summed E-state index contributed by atoms with van der Waals surface area (Å²) in [5.74, 6) is -2.12. The van der Waals surface area contributed by atoms with Crippen LogP contribution >= 0.6 is 0 Å². The molecule has 2 amide bonds. The zero-order valence-corrected chi connectivity index (χ0v) is 11.2. The smallest absolute Gasteiger partial charge is 0.325 e. The molecule has 1 aromatic rings. The first kappa shape index (κ1) is 15.6. The Kier molecular flexibility index (Phi) is 5.64. The van der Waals surface area contributed by atoms with Gasteiger partial charge in [0.05, 0.1) is 13.7 Å². The lowest BCUT2D eigenvalue weighted by Gasteiger charge is -2.15. The minimum Gasteiger partial charge on any atom is -0.468 e. The molecule has 0 spiro atoms. The molecular formula is C13H15FN2O4. The number of nitrogens with zero attached hydrogens (tertiary/aromatic N) is 1. The summed E-state index contributed by atoms with van der Waals surface area (Å²) in [6.07, 6.45) is 0. The minimum absolute atomic E-state index is 0.119. The number of hydrogen-bond acceptors (Lipinski definition) is 4. The molecule has 1 N–H and O–H groups in total. The Labute approximate surface area is 115 Å². The molecule has 108 valence electrons. The molecule has 1 rings (SSSR count). The van der Waals surface area contributed by atoms with Crippen LogP contribution in [0.25, 0.3) is 0 Å². The van der Waals surface area contributed by atoms with Gasteiger partial charge in [-0.25, -0.2) is 4.39 Å². The average molecular weight is 282 g/mol. The Bertz CT molecular complexity index is 519. The lowest BCUT2D eigenvalue weighted by atomic mass is 10.2. The van der Waals surface area contributed by atoms with Gasteiger partial charge in [-0.05, 0) is 18.2 Å². The number of esters is 1. The highest BCUT2D eigenvalue weighted by atomic mass is 19.1. The van der Waals surface area contributed by atoms with E-state index in [0.717, 1.165) is 11.0 Å². The topological polar surface area (TPSA) is 75.7 Å². The third-order valence-corrected chi connectivity index (χ3v) is 2.51. The predicted octanol–water partition coefficient (Wildman–Crippen LogP) is 0.187. The van der Waals surface area contributed by atoms with Gasteiger partial charge in [0.25, 0.3) is 5.91 Å². The van der Waals surface area contributed by atoms with Crippen molar-refractivity contribution in [1.82, 2.24) is 10.2 Å². The normalized spacial score (nSPS) is 9.75. The first-order valence-electron chi connectivity index (χ1n) is 5.78. The van der Waals surface area contributed by atoms with E-state index < -0.39 is 23.6 Å². The minimum atomic E-state index is -0.565. The van der Waals surface area contributed by atoms with Crippen molar-refractivity contribution in [3.8, 4) is 0 Å². The molecule has 0 unspecified atom stereocenters. The zero-order chi connectivity index (χ0) is 15.1. The second kappa shape index (κ2) is 7.22. The molecule has 6 nitrogen and oxygen atoms in total. The number of carbonyl (C=O) groups is 3. The molecule has 1 aromatic carbocycles. The highest BCUT2D eigenvalue weighted by molar-refractivity contribution is 5.96. The molecule has 0 aliphatic heterocycles. The molecule has 0 radical (unpaired) electrons. The Morgan fingerprint density at radius 3 is 2.65 bits per heavy atom. The SMILES string of the molecule is COC(=O)CN(C)C(=O)CNC(=O)c1cccc(F)c1. The van der Waals surface area contributed by atoms with E-state index in [1.54, 1.807) is 0 Å². The van der Waals surface area contributed by atoms with Gasteiger partial charge in [-0.3, -0.25) is 14.4 Å². The van der Waals surface area contributed by atoms with E-state index in [4.69, 9.17) is 0 Å². The molecular weight excluding hydrogens is 267 g/mol. The van der Waals surface area contributed by atoms with Crippen molar-refractivity contribution in [2.45, 2.75) is 0 Å². The van der Waals surface area contributed by atoms with Crippen LogP contribution < -0.4 is 5.32 Å². The van der Waals surface area contributed by atoms with Crippen molar-refractivity contribution in [3.63, 3.8) is 0 Å². The Hall–Kier alpha value is -2.44. The Morgan fingerprint density at radius 2 is 2.05 bits per heavy atom. The van der Waals surface area contributed by atoms with Crippen LogP contribution in [0.3, 0.4) is 0 Å². The van der Waals surface area contributed by atoms with Crippen LogP contribution in [0.1, 0.15) is 10.4 Å². The molecule has 0 fully saturated rings. The number of rotatable bonds is 5. The summed E-state index contributed by atoms with van der Waals surface area (Å²) in [6.45, 7) is -0.492. The van der Waals surface area contributed by atoms with Crippen LogP contribution in [0, 0.1) is 5.82 Å². The molecule has 0 heterocycles. The van der Waals surface area contributed by atoms with Gasteiger partial charge in [-0.15, -0.1) is 0 Å². The zero-order valence-electron chi connectivity index (χ0n) is 11.2. The molecule has 0 atom stereocenters. The largest absolute Gasteiger partial charge is 0.468 e. The Balaban J connectivity index is 2.48. The quantitative estimate of drug-likeness (QED) is 0.782. The number of methoxy groups -OCH3 is 1. The Morgan fingerprint density at radius 1 is 1.35 bits per heavy atom. The fraction of sp³-hybridized carbons (Fsp3) is 0.308. The van der Waals surface area contributed by atoms with Crippen LogP contribution in [-0.2, 0) is 14.3 Å². The summed E-state index contributed by atoms with van der Waals surface area (Å²) in [6, 6.07) is 5.11. The number of halogens is 1. The maximum atomic E-state index is 12.9. The van der Waals surface area contributed by atoms with Gasteiger partial charge in [0.1, 0.15) is 12.4 Å². The van der Waals surface area contributed by atoms with Gasteiger partial charge >= 0.3 is 5.97 Å². The lowest BCUT2D eigenvalue weighted by molar-refractivity contribution is -0.145. The lowest BCUT2D eigenvalue weighted by Crippen LogP contribution is -2.40. The molecule has 0 saturated carbocycles. The summed E-state index contributed by atoms with van der Waals surface area (Å²) in [4.78, 5) is 35.4. The van der Waals surface area contributed by atoms with Gasteiger partial charge in [0.15, 0.2) is 0 Å². The standard InChI is InChI=1S/C13H15FN2O4/c1-16(8-12(18)20-2)11(17)7-15-13(19)9-4-3-5-10(14)6-9/h3-6H,7-8H2,1-2H3,(H,15,19). The van der Waals surface area contributed by atoms with E-state index in [2.05, 4.69) is 10.1 Å². The van der Waals surface area contributed by atoms with E-state index in [1.165, 1.54) is 32.4 Å². The van der Waals surface area contributed by atoms with Gasteiger partial charge in [0, 0.05) is 12.6 Å². The van der Waals surface area contributed by atoms with E-state index >= 15 is 0 Å². The average Bonchev–Trinajstić information content (AvgIpc) is 2.43. The second-order valence-electron chi connectivity index (χ2n) is 4.02. The number of benzene rings is 1.